The fourth-order valence-electron chi connectivity index (χ4n) is 1.40. The van der Waals surface area contributed by atoms with Crippen LogP contribution in [0.4, 0.5) is 4.39 Å². The summed E-state index contributed by atoms with van der Waals surface area (Å²) in [6, 6.07) is 6.60. The second-order valence-electron chi connectivity index (χ2n) is 4.36. The van der Waals surface area contributed by atoms with E-state index in [0.717, 1.165) is 5.56 Å². The maximum Gasteiger partial charge on any atom is 0.188 e. The summed E-state index contributed by atoms with van der Waals surface area (Å²) in [7, 11) is 1.62. The summed E-state index contributed by atoms with van der Waals surface area (Å²) in [5.74, 6) is 0.173. The first kappa shape index (κ1) is 16.1. The largest absolute Gasteiger partial charge is 0.370 e. The van der Waals surface area contributed by atoms with Crippen molar-refractivity contribution in [2.45, 2.75) is 19.3 Å². The van der Waals surface area contributed by atoms with Crippen molar-refractivity contribution in [3.8, 4) is 0 Å². The minimum atomic E-state index is -0.220. The zero-order valence-corrected chi connectivity index (χ0v) is 12.7. The topological polar surface area (TPSA) is 50.4 Å². The van der Waals surface area contributed by atoms with E-state index in [1.165, 1.54) is 6.07 Å². The number of hydrogen-bond acceptors (Lipinski definition) is 1. The van der Waals surface area contributed by atoms with Crippen LogP contribution in [0.25, 0.3) is 0 Å². The molecule has 1 rings (SSSR count). The Hall–Kier alpha value is -0.850. The molecule has 3 N–H and O–H groups in total. The normalized spacial score (nSPS) is 11.9. The highest BCUT2D eigenvalue weighted by molar-refractivity contribution is 14.0. The Morgan fingerprint density at radius 1 is 1.47 bits per heavy atom. The van der Waals surface area contributed by atoms with E-state index in [9.17, 15) is 4.39 Å². The predicted molar refractivity (Wildman–Crippen MR) is 80.4 cm³/mol. The number of nitrogens with two attached hydrogens (primary N) is 1. The summed E-state index contributed by atoms with van der Waals surface area (Å²) in [6.45, 7) is 4.66. The van der Waals surface area contributed by atoms with Gasteiger partial charge in [0.2, 0.25) is 0 Å². The maximum absolute atomic E-state index is 13.1. The van der Waals surface area contributed by atoms with E-state index in [-0.39, 0.29) is 35.2 Å². The summed E-state index contributed by atoms with van der Waals surface area (Å²) in [5, 5.41) is 3.00. The van der Waals surface area contributed by atoms with Crippen LogP contribution in [0.1, 0.15) is 19.4 Å². The SMILES string of the molecule is CN=C(N)NCC(C)(C)c1cccc(F)c1.I. The number of hydrogen-bond donors (Lipinski definition) is 2. The van der Waals surface area contributed by atoms with Gasteiger partial charge in [-0.3, -0.25) is 4.99 Å². The molecule has 0 aromatic heterocycles. The highest BCUT2D eigenvalue weighted by Crippen LogP contribution is 2.22. The van der Waals surface area contributed by atoms with Gasteiger partial charge in [-0.25, -0.2) is 4.39 Å². The molecule has 0 saturated heterocycles. The standard InChI is InChI=1S/C12H18FN3.HI/c1-12(2,8-16-11(14)15-3)9-5-4-6-10(13)7-9;/h4-7H,8H2,1-3H3,(H3,14,15,16);1H. The molecule has 96 valence electrons. The zero-order valence-electron chi connectivity index (χ0n) is 10.3. The number of nitrogens with zero attached hydrogens (tertiary/aromatic N) is 1. The Bertz CT molecular complexity index is 391. The van der Waals surface area contributed by atoms with Gasteiger partial charge >= 0.3 is 0 Å². The number of rotatable bonds is 3. The van der Waals surface area contributed by atoms with Crippen LogP contribution in [0.15, 0.2) is 29.3 Å². The summed E-state index contributed by atoms with van der Waals surface area (Å²) < 4.78 is 13.1. The van der Waals surface area contributed by atoms with Crippen LogP contribution in [-0.2, 0) is 5.41 Å². The number of aliphatic imine (C=N–C) groups is 1. The van der Waals surface area contributed by atoms with E-state index in [1.807, 2.05) is 19.9 Å². The number of benzene rings is 1. The van der Waals surface area contributed by atoms with E-state index in [0.29, 0.717) is 12.5 Å². The highest BCUT2D eigenvalue weighted by atomic mass is 127. The molecule has 0 saturated carbocycles. The number of guanidine groups is 1. The van der Waals surface area contributed by atoms with E-state index in [4.69, 9.17) is 5.73 Å². The van der Waals surface area contributed by atoms with Crippen LogP contribution >= 0.6 is 24.0 Å². The van der Waals surface area contributed by atoms with Crippen LogP contribution < -0.4 is 11.1 Å². The van der Waals surface area contributed by atoms with Crippen molar-refractivity contribution >= 4 is 29.9 Å². The summed E-state index contributed by atoms with van der Waals surface area (Å²) >= 11 is 0. The lowest BCUT2D eigenvalue weighted by Gasteiger charge is -2.25. The molecule has 5 heteroatoms. The van der Waals surface area contributed by atoms with Crippen molar-refractivity contribution in [2.24, 2.45) is 10.7 Å². The fourth-order valence-corrected chi connectivity index (χ4v) is 1.40. The first-order chi connectivity index (χ1) is 7.45. The third-order valence-corrected chi connectivity index (χ3v) is 2.56. The van der Waals surface area contributed by atoms with E-state index >= 15 is 0 Å². The molecule has 0 amide bonds. The summed E-state index contributed by atoms with van der Waals surface area (Å²) in [6.07, 6.45) is 0. The molecule has 0 unspecified atom stereocenters. The van der Waals surface area contributed by atoms with Crippen LogP contribution in [0.5, 0.6) is 0 Å². The van der Waals surface area contributed by atoms with Crippen LogP contribution in [0.3, 0.4) is 0 Å². The molecule has 0 atom stereocenters. The van der Waals surface area contributed by atoms with Gasteiger partial charge in [-0.2, -0.15) is 0 Å². The van der Waals surface area contributed by atoms with Crippen molar-refractivity contribution in [3.63, 3.8) is 0 Å². The first-order valence-electron chi connectivity index (χ1n) is 5.18. The Labute approximate surface area is 119 Å². The summed E-state index contributed by atoms with van der Waals surface area (Å²) in [4.78, 5) is 3.81. The Morgan fingerprint density at radius 2 is 2.12 bits per heavy atom. The van der Waals surface area contributed by atoms with Gasteiger partial charge < -0.3 is 11.1 Å². The minimum Gasteiger partial charge on any atom is -0.370 e. The van der Waals surface area contributed by atoms with Crippen molar-refractivity contribution in [3.05, 3.63) is 35.6 Å². The van der Waals surface area contributed by atoms with Crippen LogP contribution in [0, 0.1) is 5.82 Å². The molecule has 0 bridgehead atoms. The minimum absolute atomic E-state index is 0. The van der Waals surface area contributed by atoms with Gasteiger partial charge in [0.25, 0.3) is 0 Å². The molecule has 1 aromatic carbocycles. The van der Waals surface area contributed by atoms with Crippen molar-refractivity contribution in [1.29, 1.82) is 0 Å². The maximum atomic E-state index is 13.1. The second-order valence-corrected chi connectivity index (χ2v) is 4.36. The average molecular weight is 351 g/mol. The van der Waals surface area contributed by atoms with E-state index in [1.54, 1.807) is 19.2 Å². The Balaban J connectivity index is 0.00000256. The second kappa shape index (κ2) is 6.78. The van der Waals surface area contributed by atoms with Gasteiger partial charge in [-0.15, -0.1) is 24.0 Å². The van der Waals surface area contributed by atoms with Crippen molar-refractivity contribution in [1.82, 2.24) is 5.32 Å². The molecule has 3 nitrogen and oxygen atoms in total. The average Bonchev–Trinajstić information content (AvgIpc) is 2.26. The molecule has 0 radical (unpaired) electrons. The van der Waals surface area contributed by atoms with Gasteiger partial charge in [0.15, 0.2) is 5.96 Å². The zero-order chi connectivity index (χ0) is 12.2. The smallest absolute Gasteiger partial charge is 0.188 e. The third kappa shape index (κ3) is 4.89. The number of nitrogens with one attached hydrogen (secondary N) is 1. The van der Waals surface area contributed by atoms with Gasteiger partial charge in [0.05, 0.1) is 0 Å². The summed E-state index contributed by atoms with van der Waals surface area (Å²) in [5.41, 5.74) is 6.29. The molecule has 0 heterocycles. The molecular weight excluding hydrogens is 332 g/mol. The predicted octanol–water partition coefficient (Wildman–Crippen LogP) is 2.26. The lowest BCUT2D eigenvalue weighted by atomic mass is 9.84. The lowest BCUT2D eigenvalue weighted by Crippen LogP contribution is -2.40. The third-order valence-electron chi connectivity index (χ3n) is 2.56. The molecule has 0 aliphatic carbocycles. The fraction of sp³-hybridized carbons (Fsp3) is 0.417. The Morgan fingerprint density at radius 3 is 2.65 bits per heavy atom. The van der Waals surface area contributed by atoms with Crippen LogP contribution in [0.2, 0.25) is 0 Å². The molecular formula is C12H19FIN3. The highest BCUT2D eigenvalue weighted by Gasteiger charge is 2.20. The quantitative estimate of drug-likeness (QED) is 0.499. The molecule has 1 aromatic rings. The molecule has 17 heavy (non-hydrogen) atoms. The first-order valence-corrected chi connectivity index (χ1v) is 5.18. The van der Waals surface area contributed by atoms with E-state index in [2.05, 4.69) is 10.3 Å². The van der Waals surface area contributed by atoms with Gasteiger partial charge in [-0.05, 0) is 17.7 Å². The van der Waals surface area contributed by atoms with Crippen LogP contribution in [-0.4, -0.2) is 19.6 Å². The van der Waals surface area contributed by atoms with Crippen molar-refractivity contribution < 1.29 is 4.39 Å². The lowest BCUT2D eigenvalue weighted by molar-refractivity contribution is 0.506. The molecule has 0 spiro atoms. The van der Waals surface area contributed by atoms with Gasteiger partial charge in [0.1, 0.15) is 5.82 Å². The van der Waals surface area contributed by atoms with Crippen molar-refractivity contribution in [2.75, 3.05) is 13.6 Å². The monoisotopic (exact) mass is 351 g/mol. The molecule has 0 fully saturated rings. The number of halogens is 2. The Kier molecular flexibility index (Phi) is 6.44. The molecule has 0 aliphatic rings. The molecule has 0 aliphatic heterocycles. The van der Waals surface area contributed by atoms with Gasteiger partial charge in [-0.1, -0.05) is 26.0 Å². The van der Waals surface area contributed by atoms with E-state index < -0.39 is 0 Å². The van der Waals surface area contributed by atoms with Gasteiger partial charge in [0, 0.05) is 19.0 Å².